The van der Waals surface area contributed by atoms with Crippen molar-refractivity contribution in [3.8, 4) is 33.4 Å². The van der Waals surface area contributed by atoms with Gasteiger partial charge in [0.2, 0.25) is 0 Å². The highest BCUT2D eigenvalue weighted by Gasteiger charge is 2.21. The molecule has 12 rings (SSSR count). The number of rotatable bonds is 6. The number of hydrogen-bond donors (Lipinski definition) is 0. The maximum absolute atomic E-state index is 6.46. The van der Waals surface area contributed by atoms with E-state index >= 15 is 0 Å². The van der Waals surface area contributed by atoms with Gasteiger partial charge in [0, 0.05) is 33.6 Å². The van der Waals surface area contributed by atoms with Gasteiger partial charge >= 0.3 is 0 Å². The summed E-state index contributed by atoms with van der Waals surface area (Å²) < 4.78 is 6.46. The van der Waals surface area contributed by atoms with Crippen LogP contribution in [-0.4, -0.2) is 0 Å². The van der Waals surface area contributed by atoms with Crippen molar-refractivity contribution in [2.24, 2.45) is 0 Å². The van der Waals surface area contributed by atoms with E-state index in [1.807, 2.05) is 12.1 Å². The van der Waals surface area contributed by atoms with Crippen molar-refractivity contribution in [3.05, 3.63) is 224 Å². The van der Waals surface area contributed by atoms with Gasteiger partial charge in [0.15, 0.2) is 0 Å². The van der Waals surface area contributed by atoms with Crippen molar-refractivity contribution < 1.29 is 4.42 Å². The van der Waals surface area contributed by atoms with Crippen LogP contribution in [0.4, 0.5) is 17.1 Å². The van der Waals surface area contributed by atoms with Gasteiger partial charge in [-0.05, 0) is 114 Å². The molecule has 0 bridgehead atoms. The van der Waals surface area contributed by atoms with Gasteiger partial charge in [-0.3, -0.25) is 0 Å². The third kappa shape index (κ3) is 5.50. The highest BCUT2D eigenvalue weighted by Crippen LogP contribution is 2.47. The van der Waals surface area contributed by atoms with Gasteiger partial charge in [-0.1, -0.05) is 176 Å². The third-order valence-corrected chi connectivity index (χ3v) is 12.2. The molecule has 0 amide bonds. The molecular formula is C58H37NO. The molecule has 0 radical (unpaired) electrons. The molecule has 280 valence electrons. The van der Waals surface area contributed by atoms with E-state index in [1.165, 1.54) is 70.9 Å². The molecule has 1 heterocycles. The lowest BCUT2D eigenvalue weighted by Crippen LogP contribution is -2.10. The normalized spacial score (nSPS) is 11.7. The van der Waals surface area contributed by atoms with Gasteiger partial charge in [-0.2, -0.15) is 0 Å². The minimum atomic E-state index is 0.869. The van der Waals surface area contributed by atoms with Crippen molar-refractivity contribution in [1.82, 2.24) is 0 Å². The lowest BCUT2D eigenvalue weighted by molar-refractivity contribution is 0.669. The molecule has 12 aromatic rings. The molecule has 0 unspecified atom stereocenters. The van der Waals surface area contributed by atoms with Crippen LogP contribution >= 0.6 is 0 Å². The van der Waals surface area contributed by atoms with E-state index in [2.05, 4.69) is 217 Å². The monoisotopic (exact) mass is 763 g/mol. The first kappa shape index (κ1) is 34.1. The van der Waals surface area contributed by atoms with Crippen LogP contribution in [0.25, 0.3) is 98.4 Å². The number of nitrogens with zero attached hydrogens (tertiary/aromatic N) is 1. The SMILES string of the molecule is c1ccc(-c2c(-c3ccccc3)c3cc(-c4ccc(N(c5ccc6c(c5)oc5ccccc56)c5cc6ccccc6c6ccccc56)cc4)ccc3c3ccccc23)cc1. The number of furan rings is 1. The quantitative estimate of drug-likeness (QED) is 0.157. The van der Waals surface area contributed by atoms with E-state index in [4.69, 9.17) is 4.42 Å². The molecule has 1 aromatic heterocycles. The topological polar surface area (TPSA) is 16.4 Å². The van der Waals surface area contributed by atoms with Gasteiger partial charge in [-0.25, -0.2) is 0 Å². The van der Waals surface area contributed by atoms with Gasteiger partial charge in [-0.15, -0.1) is 0 Å². The molecule has 0 saturated carbocycles. The Labute approximate surface area is 347 Å². The predicted octanol–water partition coefficient (Wildman–Crippen LogP) is 16.7. The summed E-state index contributed by atoms with van der Waals surface area (Å²) in [5, 5.41) is 12.1. The number of hydrogen-bond acceptors (Lipinski definition) is 2. The summed E-state index contributed by atoms with van der Waals surface area (Å²) >= 11 is 0. The second kappa shape index (κ2) is 13.9. The van der Waals surface area contributed by atoms with E-state index in [1.54, 1.807) is 0 Å². The number of benzene rings is 11. The molecule has 0 fully saturated rings. The maximum Gasteiger partial charge on any atom is 0.137 e. The lowest BCUT2D eigenvalue weighted by atomic mass is 9.84. The Bertz CT molecular complexity index is 3590. The van der Waals surface area contributed by atoms with Gasteiger partial charge in [0.1, 0.15) is 11.2 Å². The van der Waals surface area contributed by atoms with E-state index in [0.29, 0.717) is 0 Å². The fourth-order valence-electron chi connectivity index (χ4n) is 9.48. The van der Waals surface area contributed by atoms with Gasteiger partial charge < -0.3 is 9.32 Å². The molecule has 11 aromatic carbocycles. The van der Waals surface area contributed by atoms with Gasteiger partial charge in [0.25, 0.3) is 0 Å². The fourth-order valence-corrected chi connectivity index (χ4v) is 9.48. The second-order valence-electron chi connectivity index (χ2n) is 15.6. The number of para-hydroxylation sites is 1. The van der Waals surface area contributed by atoms with Crippen molar-refractivity contribution in [3.63, 3.8) is 0 Å². The van der Waals surface area contributed by atoms with Crippen molar-refractivity contribution >= 4 is 82.1 Å². The highest BCUT2D eigenvalue weighted by molar-refractivity contribution is 6.22. The Morgan fingerprint density at radius 2 is 0.767 bits per heavy atom. The molecule has 0 N–H and O–H groups in total. The van der Waals surface area contributed by atoms with Crippen LogP contribution in [0, 0.1) is 0 Å². The summed E-state index contributed by atoms with van der Waals surface area (Å²) in [6, 6.07) is 81.3. The largest absolute Gasteiger partial charge is 0.456 e. The van der Waals surface area contributed by atoms with Crippen molar-refractivity contribution in [2.45, 2.75) is 0 Å². The molecule has 0 saturated heterocycles. The summed E-state index contributed by atoms with van der Waals surface area (Å²) in [4.78, 5) is 2.39. The molecule has 0 aliphatic carbocycles. The fraction of sp³-hybridized carbons (Fsp3) is 0. The minimum absolute atomic E-state index is 0.869. The van der Waals surface area contributed by atoms with Crippen molar-refractivity contribution in [1.29, 1.82) is 0 Å². The smallest absolute Gasteiger partial charge is 0.137 e. The summed E-state index contributed by atoms with van der Waals surface area (Å²) in [5.41, 5.74) is 12.3. The molecule has 0 aliphatic rings. The summed E-state index contributed by atoms with van der Waals surface area (Å²) in [6.45, 7) is 0. The molecule has 60 heavy (non-hydrogen) atoms. The Kier molecular flexibility index (Phi) is 7.89. The average Bonchev–Trinajstić information content (AvgIpc) is 3.70. The maximum atomic E-state index is 6.46. The predicted molar refractivity (Wildman–Crippen MR) is 255 cm³/mol. The summed E-state index contributed by atoms with van der Waals surface area (Å²) in [7, 11) is 0. The highest BCUT2D eigenvalue weighted by atomic mass is 16.3. The Hall–Kier alpha value is -7.94. The minimum Gasteiger partial charge on any atom is -0.456 e. The second-order valence-corrected chi connectivity index (χ2v) is 15.6. The molecule has 0 spiro atoms. The first-order valence-electron chi connectivity index (χ1n) is 20.6. The van der Waals surface area contributed by atoms with E-state index < -0.39 is 0 Å². The zero-order chi connectivity index (χ0) is 39.6. The summed E-state index contributed by atoms with van der Waals surface area (Å²) in [5.74, 6) is 0. The standard InChI is InChI=1S/C58H37NO/c1-3-15-39(16-4-1)57-52-25-12-10-22-47(52)48-33-29-41(35-53(48)58(57)40-17-5-2-6-18-40)38-27-30-43(31-28-38)59(44-32-34-51-50-24-13-14-26-55(50)60-56(51)37-44)54-36-42-19-7-8-20-45(42)46-21-9-11-23-49(46)54/h1-37H. The van der Waals surface area contributed by atoms with E-state index in [9.17, 15) is 0 Å². The Balaban J connectivity index is 1.06. The zero-order valence-corrected chi connectivity index (χ0v) is 32.7. The van der Waals surface area contributed by atoms with E-state index in [-0.39, 0.29) is 0 Å². The summed E-state index contributed by atoms with van der Waals surface area (Å²) in [6.07, 6.45) is 0. The molecule has 2 nitrogen and oxygen atoms in total. The molecule has 0 atom stereocenters. The lowest BCUT2D eigenvalue weighted by Gasteiger charge is -2.28. The third-order valence-electron chi connectivity index (χ3n) is 12.2. The molecular weight excluding hydrogens is 727 g/mol. The molecule has 0 aliphatic heterocycles. The first-order chi connectivity index (χ1) is 29.8. The van der Waals surface area contributed by atoms with Crippen LogP contribution in [0.2, 0.25) is 0 Å². The molecule has 2 heteroatoms. The van der Waals surface area contributed by atoms with Crippen LogP contribution < -0.4 is 4.90 Å². The number of anilines is 3. The Morgan fingerprint density at radius 1 is 0.267 bits per heavy atom. The van der Waals surface area contributed by atoms with Crippen LogP contribution in [0.15, 0.2) is 229 Å². The average molecular weight is 764 g/mol. The zero-order valence-electron chi connectivity index (χ0n) is 32.7. The first-order valence-corrected chi connectivity index (χ1v) is 20.6. The Morgan fingerprint density at radius 3 is 1.50 bits per heavy atom. The van der Waals surface area contributed by atoms with Crippen LogP contribution in [0.1, 0.15) is 0 Å². The van der Waals surface area contributed by atoms with Gasteiger partial charge in [0.05, 0.1) is 5.69 Å². The number of fused-ring (bicyclic) bond motifs is 9. The van der Waals surface area contributed by atoms with Crippen LogP contribution in [0.5, 0.6) is 0 Å². The van der Waals surface area contributed by atoms with E-state index in [0.717, 1.165) is 44.6 Å². The van der Waals surface area contributed by atoms with Crippen molar-refractivity contribution in [2.75, 3.05) is 4.90 Å². The van der Waals surface area contributed by atoms with Crippen LogP contribution in [0.3, 0.4) is 0 Å². The van der Waals surface area contributed by atoms with Crippen LogP contribution in [-0.2, 0) is 0 Å².